The standard InChI is InChI=1S/C19H22N6O2/c1-12-19(27)25(13-7-4-3-5-8-13)23-17(21-12)18(26)22-15-9-6-10-16-14(15)11-20-24(16)2/h3-5,7-8,11-12,15H,6,9-10H2,1-2H3,(H,21,23)(H,22,26). The zero-order valence-electron chi connectivity index (χ0n) is 15.3. The number of nitrogens with zero attached hydrogens (tertiary/aromatic N) is 4. The summed E-state index contributed by atoms with van der Waals surface area (Å²) < 4.78 is 1.86. The molecule has 0 saturated carbocycles. The minimum absolute atomic E-state index is 0.0995. The molecule has 8 heteroatoms. The molecule has 0 spiro atoms. The van der Waals surface area contributed by atoms with E-state index in [1.807, 2.05) is 48.3 Å². The van der Waals surface area contributed by atoms with Crippen molar-refractivity contribution in [2.75, 3.05) is 5.01 Å². The third-order valence-corrected chi connectivity index (χ3v) is 5.03. The van der Waals surface area contributed by atoms with Gasteiger partial charge in [-0.1, -0.05) is 18.2 Å². The molecule has 1 aromatic heterocycles. The van der Waals surface area contributed by atoms with Crippen LogP contribution in [0.4, 0.5) is 5.69 Å². The maximum absolute atomic E-state index is 12.8. The van der Waals surface area contributed by atoms with E-state index >= 15 is 0 Å². The zero-order chi connectivity index (χ0) is 19.0. The monoisotopic (exact) mass is 366 g/mol. The van der Waals surface area contributed by atoms with Gasteiger partial charge in [-0.05, 0) is 38.3 Å². The minimum Gasteiger partial charge on any atom is -0.342 e. The molecule has 2 atom stereocenters. The molecule has 4 rings (SSSR count). The number of hydrogen-bond acceptors (Lipinski definition) is 5. The van der Waals surface area contributed by atoms with Crippen molar-refractivity contribution in [1.82, 2.24) is 20.5 Å². The Hall–Kier alpha value is -3.16. The fourth-order valence-corrected chi connectivity index (χ4v) is 3.59. The van der Waals surface area contributed by atoms with Gasteiger partial charge in [-0.3, -0.25) is 19.7 Å². The quantitative estimate of drug-likeness (QED) is 0.855. The Labute approximate surface area is 157 Å². The number of hydrazine groups is 1. The number of hydrogen-bond donors (Lipinski definition) is 2. The first kappa shape index (κ1) is 17.3. The van der Waals surface area contributed by atoms with Crippen LogP contribution < -0.4 is 15.8 Å². The van der Waals surface area contributed by atoms with Gasteiger partial charge in [-0.2, -0.15) is 5.10 Å². The summed E-state index contributed by atoms with van der Waals surface area (Å²) in [5, 5.41) is 8.73. The van der Waals surface area contributed by atoms with Crippen molar-refractivity contribution in [2.24, 2.45) is 12.0 Å². The van der Waals surface area contributed by atoms with Crippen molar-refractivity contribution in [3.8, 4) is 0 Å². The average molecular weight is 366 g/mol. The van der Waals surface area contributed by atoms with E-state index in [9.17, 15) is 9.59 Å². The second-order valence-electron chi connectivity index (χ2n) is 6.86. The predicted molar refractivity (Wildman–Crippen MR) is 101 cm³/mol. The number of amidine groups is 1. The van der Waals surface area contributed by atoms with Gasteiger partial charge in [0.25, 0.3) is 11.8 Å². The van der Waals surface area contributed by atoms with E-state index in [-0.39, 0.29) is 23.7 Å². The number of benzene rings is 1. The van der Waals surface area contributed by atoms with Crippen LogP contribution in [0.1, 0.15) is 37.1 Å². The summed E-state index contributed by atoms with van der Waals surface area (Å²) in [4.78, 5) is 29.6. The number of carbonyl (C=O) groups excluding carboxylic acids is 2. The van der Waals surface area contributed by atoms with Crippen molar-refractivity contribution in [2.45, 2.75) is 38.3 Å². The normalized spacial score (nSPS) is 21.9. The van der Waals surface area contributed by atoms with Crippen LogP contribution in [0.25, 0.3) is 0 Å². The van der Waals surface area contributed by atoms with Gasteiger partial charge in [-0.15, -0.1) is 0 Å². The number of aryl methyl sites for hydroxylation is 1. The molecule has 1 aliphatic heterocycles. The van der Waals surface area contributed by atoms with Gasteiger partial charge in [0.1, 0.15) is 6.04 Å². The molecule has 2 aliphatic rings. The topological polar surface area (TPSA) is 91.6 Å². The fraction of sp³-hybridized carbons (Fsp3) is 0.368. The highest BCUT2D eigenvalue weighted by Gasteiger charge is 2.32. The molecular weight excluding hydrogens is 344 g/mol. The first-order valence-electron chi connectivity index (χ1n) is 9.09. The summed E-state index contributed by atoms with van der Waals surface area (Å²) in [7, 11) is 1.92. The lowest BCUT2D eigenvalue weighted by molar-refractivity contribution is -0.120. The zero-order valence-corrected chi connectivity index (χ0v) is 15.3. The SMILES string of the molecule is CC1N=C(C(=O)NC2CCCc3c2cnn3C)NN(c2ccccc2)C1=O. The van der Waals surface area contributed by atoms with Gasteiger partial charge >= 0.3 is 0 Å². The summed E-state index contributed by atoms with van der Waals surface area (Å²) in [5.74, 6) is -0.385. The molecule has 1 aromatic carbocycles. The summed E-state index contributed by atoms with van der Waals surface area (Å²) in [6, 6.07) is 8.43. The lowest BCUT2D eigenvalue weighted by Crippen LogP contribution is -2.58. The lowest BCUT2D eigenvalue weighted by Gasteiger charge is -2.31. The smallest absolute Gasteiger partial charge is 0.288 e. The molecular formula is C19H22N6O2. The van der Waals surface area contributed by atoms with Crippen LogP contribution in [-0.2, 0) is 23.1 Å². The fourth-order valence-electron chi connectivity index (χ4n) is 3.59. The highest BCUT2D eigenvalue weighted by molar-refractivity contribution is 6.39. The number of aromatic nitrogens is 2. The Balaban J connectivity index is 1.54. The van der Waals surface area contributed by atoms with Crippen molar-refractivity contribution in [3.63, 3.8) is 0 Å². The molecule has 2 amide bonds. The highest BCUT2D eigenvalue weighted by atomic mass is 16.2. The number of fused-ring (bicyclic) bond motifs is 1. The number of nitrogens with one attached hydrogen (secondary N) is 2. The molecule has 0 saturated heterocycles. The number of amides is 2. The summed E-state index contributed by atoms with van der Waals surface area (Å²) in [5.41, 5.74) is 5.74. The number of rotatable bonds is 3. The molecule has 2 unspecified atom stereocenters. The van der Waals surface area contributed by atoms with E-state index in [2.05, 4.69) is 20.8 Å². The van der Waals surface area contributed by atoms with Crippen LogP contribution in [0.5, 0.6) is 0 Å². The molecule has 2 aromatic rings. The van der Waals surface area contributed by atoms with Gasteiger partial charge in [0.15, 0.2) is 0 Å². The van der Waals surface area contributed by atoms with Gasteiger partial charge in [0, 0.05) is 18.3 Å². The van der Waals surface area contributed by atoms with Crippen LogP contribution in [0, 0.1) is 0 Å². The number of para-hydroxylation sites is 1. The van der Waals surface area contributed by atoms with Gasteiger partial charge in [-0.25, -0.2) is 10.0 Å². The maximum atomic E-state index is 12.8. The number of anilines is 1. The third kappa shape index (κ3) is 3.18. The minimum atomic E-state index is -0.632. The molecule has 27 heavy (non-hydrogen) atoms. The van der Waals surface area contributed by atoms with E-state index in [0.29, 0.717) is 5.69 Å². The van der Waals surface area contributed by atoms with E-state index in [1.54, 1.807) is 6.92 Å². The van der Waals surface area contributed by atoms with Crippen LogP contribution in [-0.4, -0.2) is 33.5 Å². The number of carbonyl (C=O) groups is 2. The average Bonchev–Trinajstić information content (AvgIpc) is 3.06. The van der Waals surface area contributed by atoms with Gasteiger partial charge < -0.3 is 5.32 Å². The largest absolute Gasteiger partial charge is 0.342 e. The van der Waals surface area contributed by atoms with E-state index < -0.39 is 6.04 Å². The summed E-state index contributed by atoms with van der Waals surface area (Å²) >= 11 is 0. The highest BCUT2D eigenvalue weighted by Crippen LogP contribution is 2.29. The lowest BCUT2D eigenvalue weighted by atomic mass is 9.93. The second-order valence-corrected chi connectivity index (χ2v) is 6.86. The van der Waals surface area contributed by atoms with Crippen molar-refractivity contribution < 1.29 is 9.59 Å². The van der Waals surface area contributed by atoms with Gasteiger partial charge in [0.2, 0.25) is 5.84 Å². The molecule has 140 valence electrons. The van der Waals surface area contributed by atoms with Crippen molar-refractivity contribution in [1.29, 1.82) is 0 Å². The molecule has 2 N–H and O–H groups in total. The van der Waals surface area contributed by atoms with Crippen LogP contribution >= 0.6 is 0 Å². The van der Waals surface area contributed by atoms with Crippen molar-refractivity contribution in [3.05, 3.63) is 47.8 Å². The van der Waals surface area contributed by atoms with E-state index in [0.717, 1.165) is 30.5 Å². The van der Waals surface area contributed by atoms with E-state index in [1.165, 1.54) is 5.01 Å². The molecule has 0 bridgehead atoms. The van der Waals surface area contributed by atoms with Crippen LogP contribution in [0.2, 0.25) is 0 Å². The Morgan fingerprint density at radius 1 is 1.30 bits per heavy atom. The first-order chi connectivity index (χ1) is 13.0. The van der Waals surface area contributed by atoms with Crippen LogP contribution in [0.3, 0.4) is 0 Å². The Kier molecular flexibility index (Phi) is 4.39. The van der Waals surface area contributed by atoms with E-state index in [4.69, 9.17) is 0 Å². The molecule has 0 fully saturated rings. The van der Waals surface area contributed by atoms with Crippen molar-refractivity contribution >= 4 is 23.3 Å². The molecule has 2 heterocycles. The second kappa shape index (κ2) is 6.86. The molecule has 1 aliphatic carbocycles. The summed E-state index contributed by atoms with van der Waals surface area (Å²) in [6.45, 7) is 1.69. The Morgan fingerprint density at radius 3 is 2.85 bits per heavy atom. The van der Waals surface area contributed by atoms with Crippen LogP contribution in [0.15, 0.2) is 41.5 Å². The first-order valence-corrected chi connectivity index (χ1v) is 9.09. The molecule has 8 nitrogen and oxygen atoms in total. The predicted octanol–water partition coefficient (Wildman–Crippen LogP) is 1.25. The maximum Gasteiger partial charge on any atom is 0.288 e. The number of aliphatic imine (C=N–C) groups is 1. The Morgan fingerprint density at radius 2 is 2.07 bits per heavy atom. The molecule has 0 radical (unpaired) electrons. The Bertz CT molecular complexity index is 904. The third-order valence-electron chi connectivity index (χ3n) is 5.03. The summed E-state index contributed by atoms with van der Waals surface area (Å²) in [6.07, 6.45) is 4.62. The van der Waals surface area contributed by atoms with Gasteiger partial charge in [0.05, 0.1) is 17.9 Å².